The fourth-order valence-electron chi connectivity index (χ4n) is 3.38. The minimum Gasteiger partial charge on any atom is -0.462 e. The molecule has 8 nitrogen and oxygen atoms in total. The SMILES string of the molecule is C=C1C(=O)OC2C=C(C)C(O)CC=C(C)CC(OC(=O)C(=CCOC(C)=O)CO)C12. The highest BCUT2D eigenvalue weighted by Crippen LogP contribution is 2.36. The first-order valence-electron chi connectivity index (χ1n) is 9.70. The molecule has 2 N–H and O–H groups in total. The van der Waals surface area contributed by atoms with Crippen molar-refractivity contribution >= 4 is 17.9 Å². The van der Waals surface area contributed by atoms with E-state index in [1.807, 2.05) is 13.0 Å². The first-order chi connectivity index (χ1) is 14.1. The number of aliphatic hydroxyl groups excluding tert-OH is 2. The molecule has 0 amide bonds. The number of esters is 3. The van der Waals surface area contributed by atoms with Crippen molar-refractivity contribution in [1.82, 2.24) is 0 Å². The summed E-state index contributed by atoms with van der Waals surface area (Å²) in [5.74, 6) is -2.53. The molecule has 0 aromatic carbocycles. The van der Waals surface area contributed by atoms with Crippen LogP contribution in [0.5, 0.6) is 0 Å². The highest BCUT2D eigenvalue weighted by atomic mass is 16.6. The van der Waals surface area contributed by atoms with Gasteiger partial charge in [-0.15, -0.1) is 0 Å². The molecule has 30 heavy (non-hydrogen) atoms. The number of hydrogen-bond donors (Lipinski definition) is 2. The molecular weight excluding hydrogens is 392 g/mol. The van der Waals surface area contributed by atoms with Gasteiger partial charge in [-0.1, -0.05) is 18.2 Å². The Bertz CT molecular complexity index is 804. The quantitative estimate of drug-likeness (QED) is 0.297. The van der Waals surface area contributed by atoms with Crippen LogP contribution in [-0.4, -0.2) is 59.6 Å². The van der Waals surface area contributed by atoms with Crippen LogP contribution in [0.25, 0.3) is 0 Å². The lowest BCUT2D eigenvalue weighted by Crippen LogP contribution is -2.34. The van der Waals surface area contributed by atoms with Gasteiger partial charge < -0.3 is 24.4 Å². The number of carbonyl (C=O) groups is 3. The Kier molecular flexibility index (Phi) is 8.14. The molecule has 0 aromatic rings. The van der Waals surface area contributed by atoms with E-state index < -0.39 is 48.7 Å². The molecule has 0 spiro atoms. The first-order valence-corrected chi connectivity index (χ1v) is 9.70. The van der Waals surface area contributed by atoms with Gasteiger partial charge in [-0.25, -0.2) is 9.59 Å². The van der Waals surface area contributed by atoms with E-state index in [9.17, 15) is 24.6 Å². The average molecular weight is 420 g/mol. The van der Waals surface area contributed by atoms with Crippen molar-refractivity contribution in [3.05, 3.63) is 47.1 Å². The zero-order chi connectivity index (χ0) is 22.4. The monoisotopic (exact) mass is 420 g/mol. The van der Waals surface area contributed by atoms with Crippen LogP contribution in [0.15, 0.2) is 47.1 Å². The first kappa shape index (κ1) is 23.6. The molecule has 1 saturated heterocycles. The molecule has 1 heterocycles. The van der Waals surface area contributed by atoms with Gasteiger partial charge in [0.2, 0.25) is 0 Å². The summed E-state index contributed by atoms with van der Waals surface area (Å²) in [4.78, 5) is 35.7. The lowest BCUT2D eigenvalue weighted by molar-refractivity contribution is -0.148. The summed E-state index contributed by atoms with van der Waals surface area (Å²) in [5, 5.41) is 19.8. The Labute approximate surface area is 175 Å². The van der Waals surface area contributed by atoms with Crippen molar-refractivity contribution in [3.63, 3.8) is 0 Å². The van der Waals surface area contributed by atoms with E-state index in [0.717, 1.165) is 5.57 Å². The van der Waals surface area contributed by atoms with E-state index in [0.29, 0.717) is 18.4 Å². The normalized spacial score (nSPS) is 27.4. The van der Waals surface area contributed by atoms with Gasteiger partial charge in [0.15, 0.2) is 0 Å². The standard InChI is InChI=1S/C22H28O8/c1-12-5-6-17(25)13(2)10-19-20(14(3)21(26)29-19)18(9-12)30-22(27)16(11-23)7-8-28-15(4)24/h5,7,10,17-20,23,25H,3,6,8-9,11H2,1-2,4H3. The Balaban J connectivity index is 2.32. The van der Waals surface area contributed by atoms with Crippen molar-refractivity contribution in [1.29, 1.82) is 0 Å². The van der Waals surface area contributed by atoms with Gasteiger partial charge in [0.25, 0.3) is 0 Å². The summed E-state index contributed by atoms with van der Waals surface area (Å²) >= 11 is 0. The third kappa shape index (κ3) is 5.90. The van der Waals surface area contributed by atoms with E-state index in [1.54, 1.807) is 13.0 Å². The lowest BCUT2D eigenvalue weighted by atomic mass is 9.85. The summed E-state index contributed by atoms with van der Waals surface area (Å²) < 4.78 is 15.8. The van der Waals surface area contributed by atoms with Crippen molar-refractivity contribution in [2.75, 3.05) is 13.2 Å². The van der Waals surface area contributed by atoms with Crippen LogP contribution >= 0.6 is 0 Å². The van der Waals surface area contributed by atoms with Gasteiger partial charge in [0.05, 0.1) is 24.2 Å². The molecule has 8 heteroatoms. The van der Waals surface area contributed by atoms with E-state index in [-0.39, 0.29) is 17.8 Å². The Morgan fingerprint density at radius 3 is 2.70 bits per heavy atom. The number of hydrogen-bond acceptors (Lipinski definition) is 8. The highest BCUT2D eigenvalue weighted by Gasteiger charge is 2.44. The van der Waals surface area contributed by atoms with E-state index in [4.69, 9.17) is 14.2 Å². The third-order valence-electron chi connectivity index (χ3n) is 5.13. The number of rotatable bonds is 5. The molecule has 2 rings (SSSR count). The molecule has 0 radical (unpaired) electrons. The Morgan fingerprint density at radius 2 is 2.07 bits per heavy atom. The third-order valence-corrected chi connectivity index (χ3v) is 5.13. The topological polar surface area (TPSA) is 119 Å². The summed E-state index contributed by atoms with van der Waals surface area (Å²) in [6, 6.07) is 0. The van der Waals surface area contributed by atoms with Crippen LogP contribution in [-0.2, 0) is 28.6 Å². The predicted molar refractivity (Wildman–Crippen MR) is 107 cm³/mol. The molecule has 4 unspecified atom stereocenters. The highest BCUT2D eigenvalue weighted by molar-refractivity contribution is 5.92. The average Bonchev–Trinajstić information content (AvgIpc) is 2.95. The van der Waals surface area contributed by atoms with E-state index >= 15 is 0 Å². The molecule has 4 atom stereocenters. The fraction of sp³-hybridized carbons (Fsp3) is 0.500. The molecule has 0 saturated carbocycles. The maximum absolute atomic E-state index is 12.6. The summed E-state index contributed by atoms with van der Waals surface area (Å²) in [6.45, 7) is 7.84. The molecular formula is C22H28O8. The van der Waals surface area contributed by atoms with Crippen LogP contribution in [0.2, 0.25) is 0 Å². The van der Waals surface area contributed by atoms with Crippen LogP contribution in [0.3, 0.4) is 0 Å². The van der Waals surface area contributed by atoms with Crippen molar-refractivity contribution < 1.29 is 38.8 Å². The molecule has 0 aromatic heterocycles. The zero-order valence-electron chi connectivity index (χ0n) is 17.4. The minimum atomic E-state index is -0.786. The maximum atomic E-state index is 12.6. The van der Waals surface area contributed by atoms with E-state index in [2.05, 4.69) is 6.58 Å². The van der Waals surface area contributed by atoms with Gasteiger partial charge in [0, 0.05) is 18.9 Å². The number of aliphatic hydroxyl groups is 2. The van der Waals surface area contributed by atoms with Crippen molar-refractivity contribution in [3.8, 4) is 0 Å². The smallest absolute Gasteiger partial charge is 0.336 e. The summed E-state index contributed by atoms with van der Waals surface area (Å²) in [5.41, 5.74) is 1.62. The maximum Gasteiger partial charge on any atom is 0.336 e. The van der Waals surface area contributed by atoms with Crippen LogP contribution in [0.1, 0.15) is 33.6 Å². The van der Waals surface area contributed by atoms with Crippen LogP contribution in [0, 0.1) is 5.92 Å². The molecule has 1 aliphatic carbocycles. The molecule has 164 valence electrons. The van der Waals surface area contributed by atoms with Gasteiger partial charge in [-0.3, -0.25) is 4.79 Å². The Hall–Kier alpha value is -2.71. The van der Waals surface area contributed by atoms with Gasteiger partial charge in [-0.2, -0.15) is 0 Å². The largest absolute Gasteiger partial charge is 0.462 e. The zero-order valence-corrected chi connectivity index (χ0v) is 17.4. The lowest BCUT2D eigenvalue weighted by Gasteiger charge is -2.28. The second kappa shape index (κ2) is 10.4. The second-order valence-electron chi connectivity index (χ2n) is 7.47. The molecule has 0 bridgehead atoms. The number of carbonyl (C=O) groups excluding carboxylic acids is 3. The molecule has 1 aliphatic heterocycles. The van der Waals surface area contributed by atoms with E-state index in [1.165, 1.54) is 13.0 Å². The van der Waals surface area contributed by atoms with Gasteiger partial charge >= 0.3 is 17.9 Å². The van der Waals surface area contributed by atoms with Crippen LogP contribution in [0.4, 0.5) is 0 Å². The van der Waals surface area contributed by atoms with Crippen molar-refractivity contribution in [2.45, 2.75) is 51.9 Å². The molecule has 1 fully saturated rings. The molecule has 2 aliphatic rings. The Morgan fingerprint density at radius 1 is 1.37 bits per heavy atom. The minimum absolute atomic E-state index is 0.0653. The summed E-state index contributed by atoms with van der Waals surface area (Å²) in [7, 11) is 0. The van der Waals surface area contributed by atoms with Gasteiger partial charge in [0.1, 0.15) is 18.8 Å². The second-order valence-corrected chi connectivity index (χ2v) is 7.47. The number of ether oxygens (including phenoxy) is 3. The summed E-state index contributed by atoms with van der Waals surface area (Å²) in [6.07, 6.45) is 3.24. The number of fused-ring (bicyclic) bond motifs is 1. The predicted octanol–water partition coefficient (Wildman–Crippen LogP) is 1.53. The van der Waals surface area contributed by atoms with Crippen LogP contribution < -0.4 is 0 Å². The van der Waals surface area contributed by atoms with Crippen molar-refractivity contribution in [2.24, 2.45) is 5.92 Å². The van der Waals surface area contributed by atoms with Gasteiger partial charge in [-0.05, 0) is 38.0 Å². The fourth-order valence-corrected chi connectivity index (χ4v) is 3.38.